The minimum Gasteiger partial charge on any atom is -0.338 e. The van der Waals surface area contributed by atoms with Crippen LogP contribution in [0.15, 0.2) is 54.7 Å². The Hall–Kier alpha value is -3.46. The van der Waals surface area contributed by atoms with Crippen LogP contribution in [-0.4, -0.2) is 14.9 Å². The summed E-state index contributed by atoms with van der Waals surface area (Å²) in [6.07, 6.45) is 1.68. The molecule has 0 saturated carbocycles. The topological polar surface area (TPSA) is 76.2 Å². The minimum absolute atomic E-state index is 0.0419. The molecule has 6 nitrogen and oxygen atoms in total. The van der Waals surface area contributed by atoms with Gasteiger partial charge in [0, 0.05) is 17.7 Å². The molecule has 22 heavy (non-hydrogen) atoms. The van der Waals surface area contributed by atoms with E-state index in [9.17, 15) is 10.1 Å². The largest absolute Gasteiger partial charge is 0.338 e. The second-order valence-electron chi connectivity index (χ2n) is 4.61. The molecule has 0 bridgehead atoms. The maximum Gasteiger partial charge on any atom is 0.269 e. The van der Waals surface area contributed by atoms with Gasteiger partial charge in [0.15, 0.2) is 5.69 Å². The Bertz CT molecular complexity index is 876. The second-order valence-corrected chi connectivity index (χ2v) is 4.61. The van der Waals surface area contributed by atoms with Crippen LogP contribution in [0.5, 0.6) is 0 Å². The molecule has 1 aromatic heterocycles. The van der Waals surface area contributed by atoms with E-state index in [0.29, 0.717) is 11.5 Å². The molecule has 106 valence electrons. The van der Waals surface area contributed by atoms with Crippen molar-refractivity contribution in [3.05, 3.63) is 76.3 Å². The summed E-state index contributed by atoms with van der Waals surface area (Å²) in [6, 6.07) is 13.4. The second kappa shape index (κ2) is 5.50. The monoisotopic (exact) mass is 290 g/mol. The van der Waals surface area contributed by atoms with E-state index in [-0.39, 0.29) is 5.69 Å². The van der Waals surface area contributed by atoms with Crippen molar-refractivity contribution in [1.82, 2.24) is 9.97 Å². The first-order valence-corrected chi connectivity index (χ1v) is 6.45. The molecule has 0 amide bonds. The van der Waals surface area contributed by atoms with Gasteiger partial charge in [-0.15, -0.1) is 0 Å². The normalized spacial score (nSPS) is 10.1. The maximum atomic E-state index is 10.7. The van der Waals surface area contributed by atoms with Crippen molar-refractivity contribution in [1.29, 1.82) is 0 Å². The zero-order valence-electron chi connectivity index (χ0n) is 11.4. The number of imidazole rings is 1. The molecule has 0 saturated heterocycles. The highest BCUT2D eigenvalue weighted by molar-refractivity contribution is 5.68. The predicted octanol–water partition coefficient (Wildman–Crippen LogP) is 4.20. The number of nitro benzene ring substituents is 1. The number of nitrogens with zero attached hydrogens (tertiary/aromatic N) is 3. The number of aromatic nitrogens is 2. The molecule has 0 unspecified atom stereocenters. The minimum atomic E-state index is -0.437. The van der Waals surface area contributed by atoms with Gasteiger partial charge >= 0.3 is 0 Å². The highest BCUT2D eigenvalue weighted by atomic mass is 16.6. The Morgan fingerprint density at radius 3 is 2.59 bits per heavy atom. The lowest BCUT2D eigenvalue weighted by Crippen LogP contribution is -1.87. The van der Waals surface area contributed by atoms with E-state index in [1.807, 2.05) is 12.1 Å². The summed E-state index contributed by atoms with van der Waals surface area (Å²) in [5.41, 5.74) is 3.02. The van der Waals surface area contributed by atoms with Crippen molar-refractivity contribution in [3.8, 4) is 22.6 Å². The number of non-ortho nitro benzene ring substituents is 1. The number of nitrogens with one attached hydrogen (secondary N) is 1. The standard InChI is InChI=1S/C16H10N4O2/c1-17-13-4-2-3-12(9-13)15-10-18-16(19-15)11-5-7-14(8-6-11)20(21)22/h2-10H,(H,18,19). The van der Waals surface area contributed by atoms with Crippen molar-refractivity contribution in [2.45, 2.75) is 0 Å². The van der Waals surface area contributed by atoms with E-state index in [1.165, 1.54) is 12.1 Å². The molecule has 0 fully saturated rings. The molecule has 1 N–H and O–H groups in total. The summed E-state index contributed by atoms with van der Waals surface area (Å²) in [5, 5.41) is 10.7. The molecule has 3 rings (SSSR count). The summed E-state index contributed by atoms with van der Waals surface area (Å²) >= 11 is 0. The Balaban J connectivity index is 1.93. The molecule has 6 heteroatoms. The summed E-state index contributed by atoms with van der Waals surface area (Å²) in [4.78, 5) is 21.1. The summed E-state index contributed by atoms with van der Waals surface area (Å²) < 4.78 is 0. The average molecular weight is 290 g/mol. The summed E-state index contributed by atoms with van der Waals surface area (Å²) in [6.45, 7) is 7.04. The molecule has 3 aromatic rings. The van der Waals surface area contributed by atoms with Crippen LogP contribution in [0.4, 0.5) is 11.4 Å². The van der Waals surface area contributed by atoms with E-state index in [4.69, 9.17) is 6.57 Å². The third kappa shape index (κ3) is 2.55. The van der Waals surface area contributed by atoms with Gasteiger partial charge in [0.05, 0.1) is 23.4 Å². The van der Waals surface area contributed by atoms with Crippen LogP contribution in [0.1, 0.15) is 0 Å². The number of aromatic amines is 1. The van der Waals surface area contributed by atoms with Crippen LogP contribution >= 0.6 is 0 Å². The van der Waals surface area contributed by atoms with Gasteiger partial charge in [0.2, 0.25) is 0 Å². The van der Waals surface area contributed by atoms with Gasteiger partial charge in [0.1, 0.15) is 5.82 Å². The van der Waals surface area contributed by atoms with Gasteiger partial charge in [-0.1, -0.05) is 18.2 Å². The zero-order valence-corrected chi connectivity index (χ0v) is 11.4. The number of benzene rings is 2. The van der Waals surface area contributed by atoms with Gasteiger partial charge < -0.3 is 4.98 Å². The first-order valence-electron chi connectivity index (χ1n) is 6.45. The molecule has 0 radical (unpaired) electrons. The van der Waals surface area contributed by atoms with Gasteiger partial charge in [0.25, 0.3) is 5.69 Å². The number of H-pyrrole nitrogens is 1. The van der Waals surface area contributed by atoms with Gasteiger partial charge in [-0.3, -0.25) is 10.1 Å². The lowest BCUT2D eigenvalue weighted by molar-refractivity contribution is -0.384. The molecule has 0 aliphatic heterocycles. The number of hydrogen-bond donors (Lipinski definition) is 1. The quantitative estimate of drug-likeness (QED) is 0.446. The highest BCUT2D eigenvalue weighted by Crippen LogP contribution is 2.26. The van der Waals surface area contributed by atoms with Crippen LogP contribution in [0.2, 0.25) is 0 Å². The molecule has 2 aromatic carbocycles. The molecule has 0 atom stereocenters. The van der Waals surface area contributed by atoms with Gasteiger partial charge in [-0.2, -0.15) is 0 Å². The number of hydrogen-bond acceptors (Lipinski definition) is 3. The average Bonchev–Trinajstić information content (AvgIpc) is 3.05. The Labute approximate surface area is 126 Å². The highest BCUT2D eigenvalue weighted by Gasteiger charge is 2.09. The third-order valence-electron chi connectivity index (χ3n) is 3.21. The van der Waals surface area contributed by atoms with E-state index in [2.05, 4.69) is 14.8 Å². The Kier molecular flexibility index (Phi) is 3.38. The van der Waals surface area contributed by atoms with E-state index in [1.54, 1.807) is 30.5 Å². The Morgan fingerprint density at radius 2 is 1.91 bits per heavy atom. The van der Waals surface area contributed by atoms with Crippen molar-refractivity contribution in [2.75, 3.05) is 0 Å². The SMILES string of the molecule is [C-]#[N+]c1cccc(-c2cnc(-c3ccc([N+](=O)[O-])cc3)[nH]2)c1. The van der Waals surface area contributed by atoms with Gasteiger partial charge in [-0.05, 0) is 23.8 Å². The third-order valence-corrected chi connectivity index (χ3v) is 3.21. The van der Waals surface area contributed by atoms with Crippen molar-refractivity contribution in [2.24, 2.45) is 0 Å². The van der Waals surface area contributed by atoms with Crippen LogP contribution in [0.3, 0.4) is 0 Å². The van der Waals surface area contributed by atoms with Crippen molar-refractivity contribution >= 4 is 11.4 Å². The van der Waals surface area contributed by atoms with Crippen molar-refractivity contribution in [3.63, 3.8) is 0 Å². The summed E-state index contributed by atoms with van der Waals surface area (Å²) in [5.74, 6) is 0.623. The van der Waals surface area contributed by atoms with Crippen LogP contribution < -0.4 is 0 Å². The van der Waals surface area contributed by atoms with Crippen molar-refractivity contribution < 1.29 is 4.92 Å². The first-order chi connectivity index (χ1) is 10.7. The van der Waals surface area contributed by atoms with Crippen LogP contribution in [-0.2, 0) is 0 Å². The van der Waals surface area contributed by atoms with Crippen LogP contribution in [0.25, 0.3) is 27.5 Å². The molecule has 0 spiro atoms. The fraction of sp³-hybridized carbons (Fsp3) is 0. The van der Waals surface area contributed by atoms with Gasteiger partial charge in [-0.25, -0.2) is 9.83 Å². The Morgan fingerprint density at radius 1 is 1.14 bits per heavy atom. The number of rotatable bonds is 3. The molecular weight excluding hydrogens is 280 g/mol. The first kappa shape index (κ1) is 13.5. The zero-order chi connectivity index (χ0) is 15.5. The molecule has 0 aliphatic carbocycles. The van der Waals surface area contributed by atoms with E-state index in [0.717, 1.165) is 16.8 Å². The maximum absolute atomic E-state index is 10.7. The lowest BCUT2D eigenvalue weighted by atomic mass is 10.1. The van der Waals surface area contributed by atoms with E-state index < -0.39 is 4.92 Å². The predicted molar refractivity (Wildman–Crippen MR) is 82.4 cm³/mol. The molecule has 1 heterocycles. The number of nitro groups is 1. The lowest BCUT2D eigenvalue weighted by Gasteiger charge is -1.99. The summed E-state index contributed by atoms with van der Waals surface area (Å²) in [7, 11) is 0. The van der Waals surface area contributed by atoms with Crippen LogP contribution in [0, 0.1) is 16.7 Å². The molecule has 0 aliphatic rings. The fourth-order valence-electron chi connectivity index (χ4n) is 2.10. The smallest absolute Gasteiger partial charge is 0.269 e. The van der Waals surface area contributed by atoms with E-state index >= 15 is 0 Å². The fourth-order valence-corrected chi connectivity index (χ4v) is 2.10. The molecular formula is C16H10N4O2.